The van der Waals surface area contributed by atoms with Gasteiger partial charge in [0.15, 0.2) is 0 Å². The van der Waals surface area contributed by atoms with Crippen LogP contribution in [0.4, 0.5) is 0 Å². The molecule has 1 amide bonds. The lowest BCUT2D eigenvalue weighted by Crippen LogP contribution is -2.39. The van der Waals surface area contributed by atoms with Crippen molar-refractivity contribution in [1.29, 1.82) is 0 Å². The SMILES string of the molecule is O=C(N[C@H]1CCC[C@H](O)C1)c1ccc2nc[nH]c2c1. The van der Waals surface area contributed by atoms with Gasteiger partial charge in [-0.2, -0.15) is 0 Å². The van der Waals surface area contributed by atoms with Gasteiger partial charge in [-0.1, -0.05) is 0 Å². The zero-order chi connectivity index (χ0) is 13.2. The van der Waals surface area contributed by atoms with Crippen LogP contribution in [0.25, 0.3) is 11.0 Å². The zero-order valence-electron chi connectivity index (χ0n) is 10.6. The van der Waals surface area contributed by atoms with E-state index in [-0.39, 0.29) is 18.1 Å². The number of aliphatic hydroxyl groups excluding tert-OH is 1. The van der Waals surface area contributed by atoms with E-state index in [1.165, 1.54) is 0 Å². The van der Waals surface area contributed by atoms with E-state index >= 15 is 0 Å². The summed E-state index contributed by atoms with van der Waals surface area (Å²) in [5.41, 5.74) is 2.33. The van der Waals surface area contributed by atoms with Gasteiger partial charge in [0.1, 0.15) is 0 Å². The summed E-state index contributed by atoms with van der Waals surface area (Å²) in [5, 5.41) is 12.6. The van der Waals surface area contributed by atoms with Crippen molar-refractivity contribution in [3.05, 3.63) is 30.1 Å². The van der Waals surface area contributed by atoms with Crippen molar-refractivity contribution in [1.82, 2.24) is 15.3 Å². The Bertz CT molecular complexity index is 593. The highest BCUT2D eigenvalue weighted by Crippen LogP contribution is 2.19. The molecule has 0 radical (unpaired) electrons. The fourth-order valence-electron chi connectivity index (χ4n) is 2.64. The Hall–Kier alpha value is -1.88. The van der Waals surface area contributed by atoms with Gasteiger partial charge in [-0.25, -0.2) is 4.98 Å². The number of aromatic nitrogens is 2. The molecule has 0 saturated heterocycles. The monoisotopic (exact) mass is 259 g/mol. The molecule has 1 fully saturated rings. The molecule has 1 aromatic carbocycles. The van der Waals surface area contributed by atoms with Gasteiger partial charge >= 0.3 is 0 Å². The Morgan fingerprint density at radius 1 is 1.42 bits per heavy atom. The maximum absolute atomic E-state index is 12.2. The van der Waals surface area contributed by atoms with Crippen LogP contribution in [-0.2, 0) is 0 Å². The summed E-state index contributed by atoms with van der Waals surface area (Å²) in [6, 6.07) is 5.49. The maximum atomic E-state index is 12.2. The molecular formula is C14H17N3O2. The largest absolute Gasteiger partial charge is 0.393 e. The second-order valence-corrected chi connectivity index (χ2v) is 5.13. The average molecular weight is 259 g/mol. The van der Waals surface area contributed by atoms with E-state index in [0.29, 0.717) is 12.0 Å². The predicted octanol–water partition coefficient (Wildman–Crippen LogP) is 1.60. The summed E-state index contributed by atoms with van der Waals surface area (Å²) in [6.07, 6.45) is 4.73. The summed E-state index contributed by atoms with van der Waals surface area (Å²) >= 11 is 0. The Labute approximate surface area is 111 Å². The molecule has 0 unspecified atom stereocenters. The third-order valence-electron chi connectivity index (χ3n) is 3.66. The first-order chi connectivity index (χ1) is 9.22. The first-order valence-corrected chi connectivity index (χ1v) is 6.64. The molecule has 2 atom stereocenters. The highest BCUT2D eigenvalue weighted by Gasteiger charge is 2.22. The van der Waals surface area contributed by atoms with E-state index in [1.807, 2.05) is 6.07 Å². The minimum atomic E-state index is -0.283. The first kappa shape index (κ1) is 12.2. The number of amides is 1. The van der Waals surface area contributed by atoms with Crippen molar-refractivity contribution in [2.45, 2.75) is 37.8 Å². The Balaban J connectivity index is 1.72. The molecule has 0 aliphatic heterocycles. The first-order valence-electron chi connectivity index (χ1n) is 6.64. The Morgan fingerprint density at radius 2 is 2.32 bits per heavy atom. The van der Waals surface area contributed by atoms with Crippen molar-refractivity contribution >= 4 is 16.9 Å². The van der Waals surface area contributed by atoms with Gasteiger partial charge in [-0.15, -0.1) is 0 Å². The van der Waals surface area contributed by atoms with Gasteiger partial charge in [0.2, 0.25) is 0 Å². The van der Waals surface area contributed by atoms with Gasteiger partial charge in [0.05, 0.1) is 23.5 Å². The number of hydrogen-bond donors (Lipinski definition) is 3. The molecule has 19 heavy (non-hydrogen) atoms. The van der Waals surface area contributed by atoms with Gasteiger partial charge in [-0.3, -0.25) is 4.79 Å². The number of carbonyl (C=O) groups is 1. The van der Waals surface area contributed by atoms with E-state index in [9.17, 15) is 9.90 Å². The zero-order valence-corrected chi connectivity index (χ0v) is 10.6. The van der Waals surface area contributed by atoms with Crippen LogP contribution in [0.3, 0.4) is 0 Å². The van der Waals surface area contributed by atoms with Crippen LogP contribution in [0, 0.1) is 0 Å². The molecule has 0 spiro atoms. The lowest BCUT2D eigenvalue weighted by Gasteiger charge is -2.26. The lowest BCUT2D eigenvalue weighted by molar-refractivity contribution is 0.0850. The van der Waals surface area contributed by atoms with Crippen molar-refractivity contribution < 1.29 is 9.90 Å². The number of nitrogens with one attached hydrogen (secondary N) is 2. The van der Waals surface area contributed by atoms with Gasteiger partial charge in [-0.05, 0) is 43.9 Å². The van der Waals surface area contributed by atoms with Crippen molar-refractivity contribution in [3.63, 3.8) is 0 Å². The predicted molar refractivity (Wildman–Crippen MR) is 71.8 cm³/mol. The second kappa shape index (κ2) is 5.01. The summed E-state index contributed by atoms with van der Waals surface area (Å²) in [5.74, 6) is -0.0874. The highest BCUT2D eigenvalue weighted by atomic mass is 16.3. The highest BCUT2D eigenvalue weighted by molar-refractivity contribution is 5.97. The van der Waals surface area contributed by atoms with Crippen LogP contribution in [-0.4, -0.2) is 33.1 Å². The number of rotatable bonds is 2. The van der Waals surface area contributed by atoms with Crippen LogP contribution in [0.1, 0.15) is 36.0 Å². The minimum absolute atomic E-state index is 0.0775. The fourth-order valence-corrected chi connectivity index (χ4v) is 2.64. The molecular weight excluding hydrogens is 242 g/mol. The van der Waals surface area contributed by atoms with Crippen LogP contribution >= 0.6 is 0 Å². The number of benzene rings is 1. The fraction of sp³-hybridized carbons (Fsp3) is 0.429. The maximum Gasteiger partial charge on any atom is 0.251 e. The molecule has 1 heterocycles. The standard InChI is InChI=1S/C14H17N3O2/c18-11-3-1-2-10(7-11)17-14(19)9-4-5-12-13(6-9)16-8-15-12/h4-6,8,10-11,18H,1-3,7H2,(H,15,16)(H,17,19)/t10-,11-/m0/s1. The van der Waals surface area contributed by atoms with Gasteiger partial charge in [0.25, 0.3) is 5.91 Å². The summed E-state index contributed by atoms with van der Waals surface area (Å²) in [4.78, 5) is 19.3. The van der Waals surface area contributed by atoms with E-state index in [2.05, 4.69) is 15.3 Å². The molecule has 1 saturated carbocycles. The number of aromatic amines is 1. The Morgan fingerprint density at radius 3 is 3.16 bits per heavy atom. The number of imidazole rings is 1. The molecule has 5 heteroatoms. The third-order valence-corrected chi connectivity index (χ3v) is 3.66. The molecule has 100 valence electrons. The number of hydrogen-bond acceptors (Lipinski definition) is 3. The number of H-pyrrole nitrogens is 1. The number of carbonyl (C=O) groups excluding carboxylic acids is 1. The molecule has 3 rings (SSSR count). The molecule has 5 nitrogen and oxygen atoms in total. The Kier molecular flexibility index (Phi) is 3.21. The van der Waals surface area contributed by atoms with E-state index < -0.39 is 0 Å². The van der Waals surface area contributed by atoms with Gasteiger partial charge < -0.3 is 15.4 Å². The third kappa shape index (κ3) is 2.61. The minimum Gasteiger partial charge on any atom is -0.393 e. The molecule has 3 N–H and O–H groups in total. The van der Waals surface area contributed by atoms with Gasteiger partial charge in [0, 0.05) is 11.6 Å². The van der Waals surface area contributed by atoms with Crippen molar-refractivity contribution in [2.24, 2.45) is 0 Å². The van der Waals surface area contributed by atoms with Crippen molar-refractivity contribution in [2.75, 3.05) is 0 Å². The van der Waals surface area contributed by atoms with E-state index in [4.69, 9.17) is 0 Å². The quantitative estimate of drug-likeness (QED) is 0.766. The van der Waals surface area contributed by atoms with Crippen LogP contribution < -0.4 is 5.32 Å². The molecule has 0 bridgehead atoms. The number of aliphatic hydroxyl groups is 1. The summed E-state index contributed by atoms with van der Waals surface area (Å²) in [6.45, 7) is 0. The number of nitrogens with zero attached hydrogens (tertiary/aromatic N) is 1. The molecule has 1 aromatic heterocycles. The van der Waals surface area contributed by atoms with E-state index in [0.717, 1.165) is 30.3 Å². The molecule has 1 aliphatic rings. The number of fused-ring (bicyclic) bond motifs is 1. The van der Waals surface area contributed by atoms with Crippen molar-refractivity contribution in [3.8, 4) is 0 Å². The molecule has 1 aliphatic carbocycles. The van der Waals surface area contributed by atoms with Crippen LogP contribution in [0.15, 0.2) is 24.5 Å². The smallest absolute Gasteiger partial charge is 0.251 e. The normalized spacial score (nSPS) is 23.4. The average Bonchev–Trinajstić information content (AvgIpc) is 2.85. The lowest BCUT2D eigenvalue weighted by atomic mass is 9.93. The molecule has 2 aromatic rings. The topological polar surface area (TPSA) is 78.0 Å². The van der Waals surface area contributed by atoms with Crippen LogP contribution in [0.2, 0.25) is 0 Å². The van der Waals surface area contributed by atoms with Crippen LogP contribution in [0.5, 0.6) is 0 Å². The summed E-state index contributed by atoms with van der Waals surface area (Å²) < 4.78 is 0. The second-order valence-electron chi connectivity index (χ2n) is 5.13. The summed E-state index contributed by atoms with van der Waals surface area (Å²) in [7, 11) is 0. The van der Waals surface area contributed by atoms with E-state index in [1.54, 1.807) is 18.5 Å².